The van der Waals surface area contributed by atoms with Gasteiger partial charge in [0.1, 0.15) is 0 Å². The third-order valence-corrected chi connectivity index (χ3v) is 2.83. The second-order valence-corrected chi connectivity index (χ2v) is 4.14. The summed E-state index contributed by atoms with van der Waals surface area (Å²) in [6.45, 7) is 5.93. The Morgan fingerprint density at radius 2 is 2.14 bits per heavy atom. The van der Waals surface area contributed by atoms with E-state index in [0.717, 1.165) is 32.3 Å². The maximum Gasteiger partial charge on any atom is 0.0587 e. The minimum absolute atomic E-state index is 0.605. The van der Waals surface area contributed by atoms with Gasteiger partial charge in [0.05, 0.1) is 6.61 Å². The summed E-state index contributed by atoms with van der Waals surface area (Å²) in [6.07, 6.45) is 3.74. The fraction of sp³-hybridized carbons (Fsp3) is 1.00. The molecule has 1 N–H and O–H groups in total. The average molecular weight is 201 g/mol. The number of rotatable bonds is 6. The summed E-state index contributed by atoms with van der Waals surface area (Å²) < 4.78 is 10.3. The second-order valence-electron chi connectivity index (χ2n) is 4.14. The maximum absolute atomic E-state index is 5.34. The van der Waals surface area contributed by atoms with Crippen molar-refractivity contribution < 1.29 is 9.47 Å². The molecule has 3 heteroatoms. The fourth-order valence-corrected chi connectivity index (χ4v) is 1.97. The molecule has 0 amide bonds. The lowest BCUT2D eigenvalue weighted by atomic mass is 9.93. The molecule has 1 rings (SSSR count). The van der Waals surface area contributed by atoms with E-state index in [-0.39, 0.29) is 0 Å². The quantitative estimate of drug-likeness (QED) is 0.659. The zero-order valence-corrected chi connectivity index (χ0v) is 9.42. The predicted molar refractivity (Wildman–Crippen MR) is 57.5 cm³/mol. The van der Waals surface area contributed by atoms with Gasteiger partial charge >= 0.3 is 0 Å². The number of ether oxygens (including phenoxy) is 2. The Labute approximate surface area is 87.2 Å². The molecule has 0 radical (unpaired) electrons. The Kier molecular flexibility index (Phi) is 6.15. The molecular formula is C11H23NO2. The van der Waals surface area contributed by atoms with E-state index in [1.807, 2.05) is 0 Å². The molecule has 84 valence electrons. The molecule has 3 nitrogen and oxygen atoms in total. The normalized spacial score (nSPS) is 21.0. The monoisotopic (exact) mass is 201 g/mol. The molecular weight excluding hydrogens is 178 g/mol. The van der Waals surface area contributed by atoms with Crippen molar-refractivity contribution in [2.24, 2.45) is 5.92 Å². The van der Waals surface area contributed by atoms with Gasteiger partial charge in [0, 0.05) is 32.9 Å². The summed E-state index contributed by atoms with van der Waals surface area (Å²) in [6, 6.07) is 0.605. The van der Waals surface area contributed by atoms with Crippen molar-refractivity contribution in [3.63, 3.8) is 0 Å². The molecule has 0 bridgehead atoms. The van der Waals surface area contributed by atoms with E-state index < -0.39 is 0 Å². The van der Waals surface area contributed by atoms with Crippen LogP contribution in [0.4, 0.5) is 0 Å². The molecule has 1 unspecified atom stereocenters. The van der Waals surface area contributed by atoms with E-state index in [0.29, 0.717) is 6.04 Å². The van der Waals surface area contributed by atoms with Gasteiger partial charge in [-0.25, -0.2) is 0 Å². The molecule has 0 saturated carbocycles. The first-order valence-corrected chi connectivity index (χ1v) is 5.63. The number of methoxy groups -OCH3 is 1. The van der Waals surface area contributed by atoms with Crippen molar-refractivity contribution in [3.05, 3.63) is 0 Å². The topological polar surface area (TPSA) is 30.5 Å². The fourth-order valence-electron chi connectivity index (χ4n) is 1.97. The SMILES string of the molecule is COCCNC(C)CC1CCOCC1. The molecule has 1 heterocycles. The smallest absolute Gasteiger partial charge is 0.0587 e. The van der Waals surface area contributed by atoms with Gasteiger partial charge in [-0.15, -0.1) is 0 Å². The third-order valence-electron chi connectivity index (χ3n) is 2.83. The Hall–Kier alpha value is -0.120. The highest BCUT2D eigenvalue weighted by Crippen LogP contribution is 2.19. The lowest BCUT2D eigenvalue weighted by molar-refractivity contribution is 0.0609. The van der Waals surface area contributed by atoms with Crippen LogP contribution in [0.2, 0.25) is 0 Å². The Morgan fingerprint density at radius 3 is 2.79 bits per heavy atom. The van der Waals surface area contributed by atoms with Crippen LogP contribution in [0.1, 0.15) is 26.2 Å². The van der Waals surface area contributed by atoms with Crippen LogP contribution in [0.3, 0.4) is 0 Å². The van der Waals surface area contributed by atoms with E-state index in [1.165, 1.54) is 19.3 Å². The number of nitrogens with one attached hydrogen (secondary N) is 1. The van der Waals surface area contributed by atoms with Crippen molar-refractivity contribution in [1.82, 2.24) is 5.32 Å². The molecule has 0 aliphatic carbocycles. The summed E-state index contributed by atoms with van der Waals surface area (Å²) in [5.41, 5.74) is 0. The molecule has 1 saturated heterocycles. The van der Waals surface area contributed by atoms with E-state index in [4.69, 9.17) is 9.47 Å². The number of hydrogen-bond acceptors (Lipinski definition) is 3. The van der Waals surface area contributed by atoms with Crippen LogP contribution in [0.5, 0.6) is 0 Å². The Balaban J connectivity index is 2.03. The van der Waals surface area contributed by atoms with E-state index in [2.05, 4.69) is 12.2 Å². The molecule has 1 aliphatic heterocycles. The first-order valence-electron chi connectivity index (χ1n) is 5.63. The van der Waals surface area contributed by atoms with Gasteiger partial charge in [-0.1, -0.05) is 0 Å². The summed E-state index contributed by atoms with van der Waals surface area (Å²) in [7, 11) is 1.74. The highest BCUT2D eigenvalue weighted by molar-refractivity contribution is 4.70. The Morgan fingerprint density at radius 1 is 1.43 bits per heavy atom. The van der Waals surface area contributed by atoms with Gasteiger partial charge in [0.25, 0.3) is 0 Å². The van der Waals surface area contributed by atoms with Crippen molar-refractivity contribution in [1.29, 1.82) is 0 Å². The van der Waals surface area contributed by atoms with Crippen LogP contribution in [0.15, 0.2) is 0 Å². The highest BCUT2D eigenvalue weighted by atomic mass is 16.5. The van der Waals surface area contributed by atoms with Crippen molar-refractivity contribution in [3.8, 4) is 0 Å². The molecule has 0 spiro atoms. The van der Waals surface area contributed by atoms with Gasteiger partial charge in [0.15, 0.2) is 0 Å². The zero-order valence-electron chi connectivity index (χ0n) is 9.42. The van der Waals surface area contributed by atoms with Gasteiger partial charge < -0.3 is 14.8 Å². The molecule has 0 aromatic rings. The summed E-state index contributed by atoms with van der Waals surface area (Å²) in [4.78, 5) is 0. The summed E-state index contributed by atoms with van der Waals surface area (Å²) in [5.74, 6) is 0.855. The average Bonchev–Trinajstić information content (AvgIpc) is 2.20. The van der Waals surface area contributed by atoms with Gasteiger partial charge in [0.2, 0.25) is 0 Å². The first kappa shape index (κ1) is 12.0. The van der Waals surface area contributed by atoms with Crippen molar-refractivity contribution >= 4 is 0 Å². The lowest BCUT2D eigenvalue weighted by Crippen LogP contribution is -2.32. The second kappa shape index (κ2) is 7.21. The largest absolute Gasteiger partial charge is 0.383 e. The first-order chi connectivity index (χ1) is 6.83. The summed E-state index contributed by atoms with van der Waals surface area (Å²) in [5, 5.41) is 3.47. The van der Waals surface area contributed by atoms with Crippen molar-refractivity contribution in [2.45, 2.75) is 32.2 Å². The molecule has 14 heavy (non-hydrogen) atoms. The summed E-state index contributed by atoms with van der Waals surface area (Å²) >= 11 is 0. The number of hydrogen-bond donors (Lipinski definition) is 1. The van der Waals surface area contributed by atoms with Crippen LogP contribution in [-0.2, 0) is 9.47 Å². The highest BCUT2D eigenvalue weighted by Gasteiger charge is 2.16. The van der Waals surface area contributed by atoms with E-state index in [1.54, 1.807) is 7.11 Å². The zero-order chi connectivity index (χ0) is 10.2. The molecule has 1 atom stereocenters. The minimum Gasteiger partial charge on any atom is -0.383 e. The Bertz CT molecular complexity index is 135. The molecule has 0 aromatic heterocycles. The van der Waals surface area contributed by atoms with Crippen LogP contribution < -0.4 is 5.32 Å². The predicted octanol–water partition coefficient (Wildman–Crippen LogP) is 1.43. The van der Waals surface area contributed by atoms with Crippen LogP contribution in [-0.4, -0.2) is 39.5 Å². The van der Waals surface area contributed by atoms with Gasteiger partial charge in [-0.2, -0.15) is 0 Å². The van der Waals surface area contributed by atoms with Crippen LogP contribution in [0.25, 0.3) is 0 Å². The lowest BCUT2D eigenvalue weighted by Gasteiger charge is -2.25. The third kappa shape index (κ3) is 4.94. The minimum atomic E-state index is 0.605. The van der Waals surface area contributed by atoms with E-state index in [9.17, 15) is 0 Å². The van der Waals surface area contributed by atoms with Crippen molar-refractivity contribution in [2.75, 3.05) is 33.5 Å². The van der Waals surface area contributed by atoms with Gasteiger partial charge in [-0.3, -0.25) is 0 Å². The molecule has 1 fully saturated rings. The molecule has 1 aliphatic rings. The molecule has 0 aromatic carbocycles. The standard InChI is InChI=1S/C11H23NO2/c1-10(12-5-8-13-2)9-11-3-6-14-7-4-11/h10-12H,3-9H2,1-2H3. The van der Waals surface area contributed by atoms with E-state index >= 15 is 0 Å². The van der Waals surface area contributed by atoms with Gasteiger partial charge in [-0.05, 0) is 32.1 Å². The van der Waals surface area contributed by atoms with Crippen LogP contribution >= 0.6 is 0 Å². The van der Waals surface area contributed by atoms with Crippen LogP contribution in [0, 0.1) is 5.92 Å². The maximum atomic E-state index is 5.34.